The van der Waals surface area contributed by atoms with Crippen molar-refractivity contribution in [1.29, 1.82) is 0 Å². The number of rotatable bonds is 2. The predicted octanol–water partition coefficient (Wildman–Crippen LogP) is 2.02. The van der Waals surface area contributed by atoms with Gasteiger partial charge in [0.05, 0.1) is 18.3 Å². The highest BCUT2D eigenvalue weighted by atomic mass is 35.5. The van der Waals surface area contributed by atoms with Gasteiger partial charge in [-0.25, -0.2) is 9.97 Å². The fraction of sp³-hybridized carbons (Fsp3) is 0.300. The molecular formula is C10H6Cl2F3N3O2. The molecule has 0 bridgehead atoms. The number of nitrogens with zero attached hydrogens (tertiary/aromatic N) is 3. The first-order valence-corrected chi connectivity index (χ1v) is 5.91. The molecule has 0 aliphatic carbocycles. The molecule has 2 aromatic rings. The maximum atomic E-state index is 12.3. The van der Waals surface area contributed by atoms with Crippen LogP contribution >= 0.6 is 23.2 Å². The van der Waals surface area contributed by atoms with Crippen molar-refractivity contribution in [3.05, 3.63) is 33.1 Å². The van der Waals surface area contributed by atoms with Crippen LogP contribution in [0.15, 0.2) is 17.2 Å². The summed E-state index contributed by atoms with van der Waals surface area (Å²) in [7, 11) is 0. The predicted molar refractivity (Wildman–Crippen MR) is 65.9 cm³/mol. The van der Waals surface area contributed by atoms with Crippen molar-refractivity contribution in [3.8, 4) is 0 Å². The molecule has 0 fully saturated rings. The first-order valence-electron chi connectivity index (χ1n) is 5.16. The molecule has 10 heteroatoms. The fourth-order valence-electron chi connectivity index (χ4n) is 1.52. The average molecular weight is 328 g/mol. The summed E-state index contributed by atoms with van der Waals surface area (Å²) >= 11 is 11.4. The molecule has 5 nitrogen and oxygen atoms in total. The lowest BCUT2D eigenvalue weighted by molar-refractivity contribution is -0.207. The second-order valence-corrected chi connectivity index (χ2v) is 4.64. The van der Waals surface area contributed by atoms with Crippen LogP contribution in [0.5, 0.6) is 0 Å². The van der Waals surface area contributed by atoms with Gasteiger partial charge in [-0.1, -0.05) is 23.2 Å². The van der Waals surface area contributed by atoms with E-state index < -0.39 is 24.4 Å². The van der Waals surface area contributed by atoms with Crippen LogP contribution < -0.4 is 5.56 Å². The van der Waals surface area contributed by atoms with Gasteiger partial charge in [0, 0.05) is 0 Å². The molecule has 0 spiro atoms. The molecule has 0 saturated heterocycles. The van der Waals surface area contributed by atoms with E-state index in [1.165, 1.54) is 0 Å². The van der Waals surface area contributed by atoms with Crippen LogP contribution in [0.25, 0.3) is 10.9 Å². The molecule has 2 rings (SSSR count). The molecule has 1 atom stereocenters. The summed E-state index contributed by atoms with van der Waals surface area (Å²) in [5.41, 5.74) is -0.775. The van der Waals surface area contributed by atoms with Gasteiger partial charge in [-0.05, 0) is 6.07 Å². The molecule has 0 radical (unpaired) electrons. The number of halogens is 5. The van der Waals surface area contributed by atoms with E-state index in [1.807, 2.05) is 0 Å². The quantitative estimate of drug-likeness (QED) is 0.857. The number of aromatic nitrogens is 3. The van der Waals surface area contributed by atoms with Gasteiger partial charge < -0.3 is 5.11 Å². The Balaban J connectivity index is 2.53. The van der Waals surface area contributed by atoms with Gasteiger partial charge in [-0.15, -0.1) is 0 Å². The zero-order chi connectivity index (χ0) is 15.1. The van der Waals surface area contributed by atoms with E-state index in [4.69, 9.17) is 28.3 Å². The van der Waals surface area contributed by atoms with Crippen molar-refractivity contribution in [1.82, 2.24) is 14.5 Å². The molecule has 108 valence electrons. The number of pyridine rings is 1. The van der Waals surface area contributed by atoms with E-state index in [-0.39, 0.29) is 21.2 Å². The van der Waals surface area contributed by atoms with Crippen molar-refractivity contribution < 1.29 is 18.3 Å². The van der Waals surface area contributed by atoms with E-state index in [2.05, 4.69) is 9.97 Å². The number of aliphatic hydroxyl groups excluding tert-OH is 1. The smallest absolute Gasteiger partial charge is 0.382 e. The van der Waals surface area contributed by atoms with Crippen LogP contribution in [0.4, 0.5) is 13.2 Å². The summed E-state index contributed by atoms with van der Waals surface area (Å²) in [6.45, 7) is -0.969. The summed E-state index contributed by atoms with van der Waals surface area (Å²) in [4.78, 5) is 19.4. The van der Waals surface area contributed by atoms with Gasteiger partial charge in [-0.3, -0.25) is 9.36 Å². The molecule has 0 unspecified atom stereocenters. The molecule has 0 aliphatic rings. The van der Waals surface area contributed by atoms with E-state index in [0.29, 0.717) is 4.57 Å². The maximum absolute atomic E-state index is 12.3. The van der Waals surface area contributed by atoms with Crippen LogP contribution in [-0.2, 0) is 6.54 Å². The van der Waals surface area contributed by atoms with Gasteiger partial charge >= 0.3 is 6.18 Å². The van der Waals surface area contributed by atoms with E-state index in [0.717, 1.165) is 12.4 Å². The minimum absolute atomic E-state index is 0.0267. The lowest BCUT2D eigenvalue weighted by Gasteiger charge is -2.15. The number of hydrogen-bond donors (Lipinski definition) is 1. The van der Waals surface area contributed by atoms with Gasteiger partial charge in [0.2, 0.25) is 0 Å². The third-order valence-electron chi connectivity index (χ3n) is 2.48. The van der Waals surface area contributed by atoms with Gasteiger partial charge in [0.25, 0.3) is 5.56 Å². The van der Waals surface area contributed by atoms with Crippen molar-refractivity contribution in [2.45, 2.75) is 18.8 Å². The number of aliphatic hydroxyl groups is 1. The monoisotopic (exact) mass is 327 g/mol. The van der Waals surface area contributed by atoms with Crippen LogP contribution in [0.2, 0.25) is 10.3 Å². The van der Waals surface area contributed by atoms with Crippen molar-refractivity contribution in [2.75, 3.05) is 0 Å². The van der Waals surface area contributed by atoms with E-state index in [1.54, 1.807) is 0 Å². The molecule has 0 amide bonds. The molecule has 2 heterocycles. The minimum atomic E-state index is -4.83. The Kier molecular flexibility index (Phi) is 3.90. The Hall–Kier alpha value is -1.38. The minimum Gasteiger partial charge on any atom is -0.382 e. The Morgan fingerprint density at radius 3 is 2.65 bits per heavy atom. The lowest BCUT2D eigenvalue weighted by atomic mass is 10.3. The summed E-state index contributed by atoms with van der Waals surface area (Å²) in [5, 5.41) is 8.67. The van der Waals surface area contributed by atoms with E-state index >= 15 is 0 Å². The molecule has 0 saturated carbocycles. The van der Waals surface area contributed by atoms with Crippen LogP contribution in [-0.4, -0.2) is 31.9 Å². The van der Waals surface area contributed by atoms with Gasteiger partial charge in [0.1, 0.15) is 10.7 Å². The highest BCUT2D eigenvalue weighted by Crippen LogP contribution is 2.22. The number of fused-ring (bicyclic) bond motifs is 1. The number of alkyl halides is 3. The summed E-state index contributed by atoms with van der Waals surface area (Å²) < 4.78 is 37.4. The summed E-state index contributed by atoms with van der Waals surface area (Å²) in [6, 6.07) is 1.15. The summed E-state index contributed by atoms with van der Waals surface area (Å²) in [5.74, 6) is 0. The zero-order valence-corrected chi connectivity index (χ0v) is 11.0. The van der Waals surface area contributed by atoms with Crippen LogP contribution in [0.1, 0.15) is 0 Å². The van der Waals surface area contributed by atoms with Crippen molar-refractivity contribution in [2.24, 2.45) is 0 Å². The second kappa shape index (κ2) is 5.19. The van der Waals surface area contributed by atoms with Crippen LogP contribution in [0, 0.1) is 0 Å². The number of hydrogen-bond acceptors (Lipinski definition) is 4. The van der Waals surface area contributed by atoms with E-state index in [9.17, 15) is 18.0 Å². The third-order valence-corrected chi connectivity index (χ3v) is 2.94. The van der Waals surface area contributed by atoms with Crippen molar-refractivity contribution >= 4 is 34.1 Å². The zero-order valence-electron chi connectivity index (χ0n) is 9.53. The SMILES string of the molecule is O=c1c2cc(Cl)nc(Cl)c2ncn1C[C@H](O)C(F)(F)F. The molecule has 0 aromatic carbocycles. The fourth-order valence-corrected chi connectivity index (χ4v) is 2.00. The summed E-state index contributed by atoms with van der Waals surface area (Å²) in [6.07, 6.45) is -6.64. The van der Waals surface area contributed by atoms with Gasteiger partial charge in [-0.2, -0.15) is 13.2 Å². The maximum Gasteiger partial charge on any atom is 0.416 e. The molecular weight excluding hydrogens is 322 g/mol. The third kappa shape index (κ3) is 2.87. The Labute approximate surface area is 119 Å². The standard InChI is InChI=1S/C10H6Cl2F3N3O2/c11-6-1-4-7(8(12)17-6)16-3-18(9(4)20)2-5(19)10(13,14)15/h1,3,5,19H,2H2/t5-/m0/s1. The highest BCUT2D eigenvalue weighted by molar-refractivity contribution is 6.36. The molecule has 0 aliphatic heterocycles. The molecule has 20 heavy (non-hydrogen) atoms. The lowest BCUT2D eigenvalue weighted by Crippen LogP contribution is -2.36. The molecule has 2 aromatic heterocycles. The largest absolute Gasteiger partial charge is 0.416 e. The topological polar surface area (TPSA) is 68.0 Å². The second-order valence-electron chi connectivity index (χ2n) is 3.89. The first-order chi connectivity index (χ1) is 9.20. The Morgan fingerprint density at radius 1 is 1.40 bits per heavy atom. The first kappa shape index (κ1) is 15.0. The Bertz CT molecular complexity index is 717. The average Bonchev–Trinajstić information content (AvgIpc) is 2.32. The Morgan fingerprint density at radius 2 is 2.05 bits per heavy atom. The van der Waals surface area contributed by atoms with Gasteiger partial charge in [0.15, 0.2) is 11.3 Å². The van der Waals surface area contributed by atoms with Crippen LogP contribution in [0.3, 0.4) is 0 Å². The molecule has 1 N–H and O–H groups in total. The highest BCUT2D eigenvalue weighted by Gasteiger charge is 2.38. The van der Waals surface area contributed by atoms with Crippen molar-refractivity contribution in [3.63, 3.8) is 0 Å². The normalized spacial score (nSPS) is 13.7.